The maximum atomic E-state index is 12.2. The van der Waals surface area contributed by atoms with E-state index in [1.165, 1.54) is 9.91 Å². The zero-order valence-corrected chi connectivity index (χ0v) is 15.9. The Kier molecular flexibility index (Phi) is 6.16. The Morgan fingerprint density at radius 3 is 2.46 bits per heavy atom. The topological polar surface area (TPSA) is 60.0 Å². The van der Waals surface area contributed by atoms with Crippen LogP contribution in [0.1, 0.15) is 5.56 Å². The van der Waals surface area contributed by atoms with Crippen LogP contribution in [0.2, 0.25) is 0 Å². The van der Waals surface area contributed by atoms with Crippen LogP contribution in [0.5, 0.6) is 0 Å². The van der Waals surface area contributed by atoms with E-state index >= 15 is 0 Å². The largest absolute Gasteiger partial charge is 0.341 e. The zero-order valence-electron chi connectivity index (χ0n) is 13.6. The van der Waals surface area contributed by atoms with Crippen LogP contribution in [0.3, 0.4) is 0 Å². The first-order chi connectivity index (χ1) is 11.2. The molecule has 0 fully saturated rings. The van der Waals surface area contributed by atoms with E-state index in [0.717, 1.165) is 16.7 Å². The first kappa shape index (κ1) is 18.2. The maximum Gasteiger partial charge on any atom is 0.341 e. The molecule has 1 aliphatic heterocycles. The Labute approximate surface area is 158 Å². The van der Waals surface area contributed by atoms with Crippen LogP contribution < -0.4 is 11.1 Å². The molecule has 0 radical (unpaired) electrons. The summed E-state index contributed by atoms with van der Waals surface area (Å²) in [7, 11) is 3.41. The zero-order chi connectivity index (χ0) is 16.2. The van der Waals surface area contributed by atoms with Gasteiger partial charge in [-0.15, -0.1) is 34.6 Å². The quantitative estimate of drug-likeness (QED) is 0.727. The lowest BCUT2D eigenvalue weighted by Crippen LogP contribution is -2.50. The Morgan fingerprint density at radius 1 is 1.08 bits per heavy atom. The molecule has 7 heteroatoms. The summed E-state index contributed by atoms with van der Waals surface area (Å²) >= 11 is 0. The van der Waals surface area contributed by atoms with Gasteiger partial charge in [0.25, 0.3) is 0 Å². The van der Waals surface area contributed by atoms with Gasteiger partial charge in [-0.05, 0) is 16.7 Å². The standard InChI is InChI=1S/C17H19N5O.HI/c1-21(2)17(23)22-16(18-19-20-22)12-14-10-6-7-11-15(14)13-8-4-3-5-9-13;/h3-11,19-20H,12H2,1-2H3;1H. The Bertz CT molecular complexity index is 733. The van der Waals surface area contributed by atoms with Gasteiger partial charge in [0, 0.05) is 20.5 Å². The monoisotopic (exact) mass is 437 g/mol. The fourth-order valence-electron chi connectivity index (χ4n) is 2.48. The number of urea groups is 1. The molecule has 0 aromatic heterocycles. The van der Waals surface area contributed by atoms with Gasteiger partial charge in [0.2, 0.25) is 0 Å². The van der Waals surface area contributed by atoms with Gasteiger partial charge in [0.1, 0.15) is 0 Å². The number of hydrogen-bond acceptors (Lipinski definition) is 4. The number of hydrogen-bond donors (Lipinski definition) is 2. The second kappa shape index (κ2) is 8.11. The average molecular weight is 437 g/mol. The van der Waals surface area contributed by atoms with E-state index in [2.05, 4.69) is 40.4 Å². The number of benzene rings is 2. The van der Waals surface area contributed by atoms with Gasteiger partial charge in [-0.25, -0.2) is 10.3 Å². The molecule has 0 atom stereocenters. The van der Waals surface area contributed by atoms with Crippen LogP contribution in [-0.4, -0.2) is 35.9 Å². The minimum absolute atomic E-state index is 0. The second-order valence-electron chi connectivity index (χ2n) is 5.46. The van der Waals surface area contributed by atoms with Gasteiger partial charge in [-0.1, -0.05) is 54.6 Å². The molecule has 2 aromatic carbocycles. The molecule has 0 saturated heterocycles. The Morgan fingerprint density at radius 2 is 1.75 bits per heavy atom. The van der Waals surface area contributed by atoms with Crippen molar-refractivity contribution in [2.75, 3.05) is 14.1 Å². The number of amides is 2. The summed E-state index contributed by atoms with van der Waals surface area (Å²) in [5.41, 5.74) is 8.81. The van der Waals surface area contributed by atoms with Crippen LogP contribution >= 0.6 is 24.0 Å². The van der Waals surface area contributed by atoms with Crippen LogP contribution in [0.25, 0.3) is 11.1 Å². The first-order valence-electron chi connectivity index (χ1n) is 7.39. The highest BCUT2D eigenvalue weighted by molar-refractivity contribution is 14.0. The van der Waals surface area contributed by atoms with Gasteiger partial charge in [0.05, 0.1) is 0 Å². The maximum absolute atomic E-state index is 12.2. The van der Waals surface area contributed by atoms with Gasteiger partial charge in [-0.3, -0.25) is 0 Å². The first-order valence-corrected chi connectivity index (χ1v) is 7.39. The van der Waals surface area contributed by atoms with Crippen molar-refractivity contribution in [3.8, 4) is 11.1 Å². The van der Waals surface area contributed by atoms with E-state index in [9.17, 15) is 4.79 Å². The van der Waals surface area contributed by atoms with E-state index < -0.39 is 0 Å². The number of carbonyl (C=O) groups is 1. The lowest BCUT2D eigenvalue weighted by molar-refractivity contribution is 0.177. The number of hydrazine groups is 2. The van der Waals surface area contributed by atoms with Crippen molar-refractivity contribution in [3.63, 3.8) is 0 Å². The second-order valence-corrected chi connectivity index (χ2v) is 5.46. The highest BCUT2D eigenvalue weighted by atomic mass is 127. The summed E-state index contributed by atoms with van der Waals surface area (Å²) in [6.45, 7) is 0. The third-order valence-electron chi connectivity index (χ3n) is 3.63. The van der Waals surface area contributed by atoms with Crippen molar-refractivity contribution in [3.05, 3.63) is 60.2 Å². The molecule has 2 N–H and O–H groups in total. The molecule has 0 unspecified atom stereocenters. The third kappa shape index (κ3) is 3.85. The summed E-state index contributed by atoms with van der Waals surface area (Å²) in [5, 5.41) is 5.60. The molecule has 1 aliphatic rings. The molecule has 1 heterocycles. The summed E-state index contributed by atoms with van der Waals surface area (Å²) in [6, 6.07) is 18.2. The SMILES string of the molecule is CN(C)C(=O)N1NNN=C1Cc1ccccc1-c1ccccc1.I. The minimum Gasteiger partial charge on any atom is -0.329 e. The molecule has 2 amide bonds. The van der Waals surface area contributed by atoms with E-state index in [1.807, 2.05) is 30.3 Å². The summed E-state index contributed by atoms with van der Waals surface area (Å²) in [6.07, 6.45) is 0.546. The number of nitrogens with zero attached hydrogens (tertiary/aromatic N) is 3. The molecule has 24 heavy (non-hydrogen) atoms. The summed E-state index contributed by atoms with van der Waals surface area (Å²) < 4.78 is 0. The highest BCUT2D eigenvalue weighted by Gasteiger charge is 2.26. The van der Waals surface area contributed by atoms with Crippen molar-refractivity contribution < 1.29 is 4.79 Å². The van der Waals surface area contributed by atoms with Gasteiger partial charge >= 0.3 is 6.03 Å². The van der Waals surface area contributed by atoms with E-state index in [1.54, 1.807) is 14.1 Å². The highest BCUT2D eigenvalue weighted by Crippen LogP contribution is 2.24. The van der Waals surface area contributed by atoms with E-state index in [-0.39, 0.29) is 30.0 Å². The number of amidine groups is 1. The number of carbonyl (C=O) groups excluding carboxylic acids is 1. The third-order valence-corrected chi connectivity index (χ3v) is 3.63. The Hall–Kier alpha value is -2.13. The summed E-state index contributed by atoms with van der Waals surface area (Å²) in [5.74, 6) is 0.632. The molecule has 0 saturated carbocycles. The molecule has 126 valence electrons. The lowest BCUT2D eigenvalue weighted by atomic mass is 9.97. The molecule has 0 bridgehead atoms. The van der Waals surface area contributed by atoms with Crippen LogP contribution in [0.15, 0.2) is 59.7 Å². The summed E-state index contributed by atoms with van der Waals surface area (Å²) in [4.78, 5) is 13.7. The fraction of sp³-hybridized carbons (Fsp3) is 0.176. The van der Waals surface area contributed by atoms with E-state index in [4.69, 9.17) is 0 Å². The molecular weight excluding hydrogens is 417 g/mol. The molecule has 3 rings (SSSR count). The van der Waals surface area contributed by atoms with E-state index in [0.29, 0.717) is 12.3 Å². The minimum atomic E-state index is -0.175. The number of hydrazone groups is 1. The van der Waals surface area contributed by atoms with Crippen molar-refractivity contribution >= 4 is 35.8 Å². The smallest absolute Gasteiger partial charge is 0.329 e. The molecule has 6 nitrogen and oxygen atoms in total. The molecule has 2 aromatic rings. The predicted octanol–water partition coefficient (Wildman–Crippen LogP) is 2.83. The van der Waals surface area contributed by atoms with Crippen LogP contribution in [0, 0.1) is 0 Å². The van der Waals surface area contributed by atoms with Crippen LogP contribution in [0.4, 0.5) is 4.79 Å². The molecule has 0 aliphatic carbocycles. The van der Waals surface area contributed by atoms with Gasteiger partial charge in [-0.2, -0.15) is 5.01 Å². The van der Waals surface area contributed by atoms with Gasteiger partial charge < -0.3 is 4.90 Å². The molecule has 0 spiro atoms. The van der Waals surface area contributed by atoms with Crippen molar-refractivity contribution in [2.24, 2.45) is 5.10 Å². The average Bonchev–Trinajstić information content (AvgIpc) is 3.03. The lowest BCUT2D eigenvalue weighted by Gasteiger charge is -2.21. The Balaban J connectivity index is 0.00000208. The van der Waals surface area contributed by atoms with Gasteiger partial charge in [0.15, 0.2) is 5.84 Å². The number of nitrogens with one attached hydrogen (secondary N) is 2. The normalized spacial score (nSPS) is 12.9. The molecular formula is C17H20IN5O. The fourth-order valence-corrected chi connectivity index (χ4v) is 2.48. The van der Waals surface area contributed by atoms with Crippen molar-refractivity contribution in [2.45, 2.75) is 6.42 Å². The number of rotatable bonds is 3. The number of halogens is 1. The van der Waals surface area contributed by atoms with Crippen molar-refractivity contribution in [1.82, 2.24) is 21.0 Å². The van der Waals surface area contributed by atoms with Crippen molar-refractivity contribution in [1.29, 1.82) is 0 Å². The predicted molar refractivity (Wildman–Crippen MR) is 106 cm³/mol. The van der Waals surface area contributed by atoms with Crippen LogP contribution in [-0.2, 0) is 6.42 Å².